The molecule has 0 radical (unpaired) electrons. The number of aliphatic imine (C=N–C) groups is 1. The molecule has 160 valence electrons. The van der Waals surface area contributed by atoms with E-state index < -0.39 is 0 Å². The number of hydrogen-bond acceptors (Lipinski definition) is 6. The lowest BCUT2D eigenvalue weighted by molar-refractivity contribution is 0.280. The molecule has 3 aromatic rings. The highest BCUT2D eigenvalue weighted by molar-refractivity contribution is 14.0. The minimum Gasteiger partial charge on any atom is -0.491 e. The van der Waals surface area contributed by atoms with Crippen LogP contribution in [0.3, 0.4) is 0 Å². The number of nitrogens with one attached hydrogen (secondary N) is 1. The summed E-state index contributed by atoms with van der Waals surface area (Å²) in [7, 11) is 3.73. The Labute approximate surface area is 193 Å². The molecule has 0 atom stereocenters. The molecular weight excluding hydrogens is 495 g/mol. The summed E-state index contributed by atoms with van der Waals surface area (Å²) in [5, 5.41) is 7.32. The Hall–Kier alpha value is -2.69. The maximum atomic E-state index is 5.86. The highest BCUT2D eigenvalue weighted by atomic mass is 127. The van der Waals surface area contributed by atoms with Crippen LogP contribution in [-0.2, 0) is 6.42 Å². The first-order chi connectivity index (χ1) is 14.2. The van der Waals surface area contributed by atoms with Crippen LogP contribution in [0.2, 0.25) is 0 Å². The van der Waals surface area contributed by atoms with E-state index >= 15 is 0 Å². The number of aromatic nitrogens is 3. The van der Waals surface area contributed by atoms with Crippen molar-refractivity contribution < 1.29 is 9.26 Å². The summed E-state index contributed by atoms with van der Waals surface area (Å²) in [4.78, 5) is 14.9. The fourth-order valence-electron chi connectivity index (χ4n) is 2.74. The van der Waals surface area contributed by atoms with Gasteiger partial charge in [-0.1, -0.05) is 29.4 Å². The van der Waals surface area contributed by atoms with Crippen LogP contribution in [0.5, 0.6) is 5.75 Å². The molecule has 2 aromatic heterocycles. The molecular formula is C21H27IN6O2. The van der Waals surface area contributed by atoms with Gasteiger partial charge in [-0.25, -0.2) is 0 Å². The van der Waals surface area contributed by atoms with Crippen molar-refractivity contribution in [2.24, 2.45) is 4.99 Å². The highest BCUT2D eigenvalue weighted by Crippen LogP contribution is 2.16. The predicted molar refractivity (Wildman–Crippen MR) is 127 cm³/mol. The number of nitrogens with zero attached hydrogens (tertiary/aromatic N) is 5. The predicted octanol–water partition coefficient (Wildman–Crippen LogP) is 3.19. The topological polar surface area (TPSA) is 88.7 Å². The Morgan fingerprint density at radius 2 is 2.00 bits per heavy atom. The van der Waals surface area contributed by atoms with E-state index in [-0.39, 0.29) is 24.0 Å². The zero-order chi connectivity index (χ0) is 20.5. The van der Waals surface area contributed by atoms with Gasteiger partial charge in [-0.05, 0) is 30.7 Å². The van der Waals surface area contributed by atoms with Crippen molar-refractivity contribution in [1.29, 1.82) is 0 Å². The Balaban J connectivity index is 0.00000320. The van der Waals surface area contributed by atoms with Crippen molar-refractivity contribution in [2.45, 2.75) is 13.3 Å². The fraction of sp³-hybridized carbons (Fsp3) is 0.333. The number of aryl methyl sites for hydroxylation is 1. The summed E-state index contributed by atoms with van der Waals surface area (Å²) in [5.41, 5.74) is 1.80. The van der Waals surface area contributed by atoms with Crippen molar-refractivity contribution in [3.8, 4) is 17.3 Å². The Kier molecular flexibility index (Phi) is 9.52. The lowest BCUT2D eigenvalue weighted by Gasteiger charge is -2.22. The smallest absolute Gasteiger partial charge is 0.276 e. The average molecular weight is 522 g/mol. The number of rotatable bonds is 8. The van der Waals surface area contributed by atoms with Gasteiger partial charge in [-0.2, -0.15) is 4.98 Å². The molecule has 0 aliphatic rings. The Morgan fingerprint density at radius 3 is 2.73 bits per heavy atom. The van der Waals surface area contributed by atoms with E-state index in [0.717, 1.165) is 17.3 Å². The normalized spacial score (nSPS) is 11.0. The van der Waals surface area contributed by atoms with Gasteiger partial charge >= 0.3 is 0 Å². The van der Waals surface area contributed by atoms with Crippen molar-refractivity contribution >= 4 is 29.9 Å². The third kappa shape index (κ3) is 6.68. The molecule has 30 heavy (non-hydrogen) atoms. The van der Waals surface area contributed by atoms with E-state index in [9.17, 15) is 0 Å². The van der Waals surface area contributed by atoms with Crippen LogP contribution < -0.4 is 10.1 Å². The van der Waals surface area contributed by atoms with Crippen LogP contribution in [0.25, 0.3) is 11.6 Å². The fourth-order valence-corrected chi connectivity index (χ4v) is 2.74. The number of ether oxygens (including phenoxy) is 1. The van der Waals surface area contributed by atoms with Gasteiger partial charge in [0.25, 0.3) is 5.89 Å². The number of hydrogen-bond donors (Lipinski definition) is 1. The molecule has 9 heteroatoms. The molecule has 0 aliphatic heterocycles. The monoisotopic (exact) mass is 522 g/mol. The number of guanidine groups is 1. The van der Waals surface area contributed by atoms with E-state index in [1.807, 2.05) is 61.3 Å². The number of pyridine rings is 1. The van der Waals surface area contributed by atoms with Crippen LogP contribution >= 0.6 is 24.0 Å². The van der Waals surface area contributed by atoms with E-state index in [1.165, 1.54) is 0 Å². The molecule has 0 aliphatic carbocycles. The van der Waals surface area contributed by atoms with Crippen molar-refractivity contribution in [2.75, 3.05) is 33.8 Å². The Morgan fingerprint density at radius 1 is 1.20 bits per heavy atom. The van der Waals surface area contributed by atoms with Gasteiger partial charge in [0.1, 0.15) is 18.1 Å². The Bertz CT molecular complexity index is 932. The zero-order valence-electron chi connectivity index (χ0n) is 17.4. The molecule has 1 N–H and O–H groups in total. The van der Waals surface area contributed by atoms with Crippen LogP contribution in [0.1, 0.15) is 11.4 Å². The van der Waals surface area contributed by atoms with Gasteiger partial charge in [0.05, 0.1) is 6.54 Å². The summed E-state index contributed by atoms with van der Waals surface area (Å²) in [6.07, 6.45) is 2.31. The lowest BCUT2D eigenvalue weighted by Crippen LogP contribution is -2.41. The molecule has 2 heterocycles. The maximum Gasteiger partial charge on any atom is 0.276 e. The first-order valence-corrected chi connectivity index (χ1v) is 9.51. The molecule has 0 unspecified atom stereocenters. The molecule has 0 spiro atoms. The second kappa shape index (κ2) is 12.1. The molecule has 0 amide bonds. The summed E-state index contributed by atoms with van der Waals surface area (Å²) in [5.74, 6) is 2.74. The van der Waals surface area contributed by atoms with E-state index in [2.05, 4.69) is 25.4 Å². The first kappa shape index (κ1) is 23.6. The van der Waals surface area contributed by atoms with Gasteiger partial charge in [-0.15, -0.1) is 24.0 Å². The second-order valence-electron chi connectivity index (χ2n) is 6.49. The number of likely N-dealkylation sites (N-methyl/N-ethyl adjacent to an activating group) is 1. The summed E-state index contributed by atoms with van der Waals surface area (Å²) in [6, 6.07) is 13.6. The minimum absolute atomic E-state index is 0. The number of para-hydroxylation sites is 1. The number of benzene rings is 1. The molecule has 0 fully saturated rings. The first-order valence-electron chi connectivity index (χ1n) is 9.51. The standard InChI is InChI=1S/C21H26N6O2.HI/c1-16-8-4-5-10-18(16)28-15-14-27(3)21(22-2)24-13-11-19-25-20(29-26-19)17-9-6-7-12-23-17;/h4-10,12H,11,13-15H2,1-3H3,(H,22,24);1H. The van der Waals surface area contributed by atoms with Crippen LogP contribution in [-0.4, -0.2) is 59.8 Å². The third-order valence-electron chi connectivity index (χ3n) is 4.34. The zero-order valence-corrected chi connectivity index (χ0v) is 19.7. The molecule has 0 saturated heterocycles. The highest BCUT2D eigenvalue weighted by Gasteiger charge is 2.11. The molecule has 0 bridgehead atoms. The van der Waals surface area contributed by atoms with Gasteiger partial charge in [0, 0.05) is 33.3 Å². The van der Waals surface area contributed by atoms with Gasteiger partial charge < -0.3 is 19.5 Å². The van der Waals surface area contributed by atoms with Gasteiger partial charge in [0.15, 0.2) is 11.8 Å². The SMILES string of the molecule is CN=C(NCCc1noc(-c2ccccn2)n1)N(C)CCOc1ccccc1C.I. The lowest BCUT2D eigenvalue weighted by atomic mass is 10.2. The second-order valence-corrected chi connectivity index (χ2v) is 6.49. The molecule has 0 saturated carbocycles. The van der Waals surface area contributed by atoms with Crippen LogP contribution in [0.15, 0.2) is 58.2 Å². The van der Waals surface area contributed by atoms with E-state index in [4.69, 9.17) is 9.26 Å². The van der Waals surface area contributed by atoms with Crippen molar-refractivity contribution in [3.63, 3.8) is 0 Å². The maximum absolute atomic E-state index is 5.86. The van der Waals surface area contributed by atoms with Gasteiger partial charge in [-0.3, -0.25) is 9.98 Å². The quantitative estimate of drug-likeness (QED) is 0.276. The number of halogens is 1. The molecule has 3 rings (SSSR count). The van der Waals surface area contributed by atoms with Crippen LogP contribution in [0.4, 0.5) is 0 Å². The largest absolute Gasteiger partial charge is 0.491 e. The molecule has 1 aromatic carbocycles. The van der Waals surface area contributed by atoms with Gasteiger partial charge in [0.2, 0.25) is 0 Å². The summed E-state index contributed by atoms with van der Waals surface area (Å²) >= 11 is 0. The average Bonchev–Trinajstić information content (AvgIpc) is 3.22. The summed E-state index contributed by atoms with van der Waals surface area (Å²) in [6.45, 7) is 3.95. The minimum atomic E-state index is 0. The van der Waals surface area contributed by atoms with Crippen molar-refractivity contribution in [3.05, 3.63) is 60.0 Å². The third-order valence-corrected chi connectivity index (χ3v) is 4.34. The van der Waals surface area contributed by atoms with Crippen LogP contribution in [0, 0.1) is 6.92 Å². The molecule has 8 nitrogen and oxygen atoms in total. The van der Waals surface area contributed by atoms with E-state index in [1.54, 1.807) is 13.2 Å². The van der Waals surface area contributed by atoms with E-state index in [0.29, 0.717) is 43.5 Å². The van der Waals surface area contributed by atoms with Crippen molar-refractivity contribution in [1.82, 2.24) is 25.3 Å². The summed E-state index contributed by atoms with van der Waals surface area (Å²) < 4.78 is 11.1.